The minimum Gasteiger partial charge on any atom is -0.462 e. The van der Waals surface area contributed by atoms with Crippen LogP contribution in [0.2, 0.25) is 10.2 Å². The number of esters is 1. The highest BCUT2D eigenvalue weighted by atomic mass is 35.5. The highest BCUT2D eigenvalue weighted by molar-refractivity contribution is 6.31. The van der Waals surface area contributed by atoms with E-state index in [2.05, 4.69) is 10.3 Å². The minimum atomic E-state index is -1.54. The number of likely N-dealkylation sites (tertiary alicyclic amines) is 1. The van der Waals surface area contributed by atoms with Gasteiger partial charge < -0.3 is 15.0 Å². The van der Waals surface area contributed by atoms with Gasteiger partial charge in [0.15, 0.2) is 0 Å². The smallest absolute Gasteiger partial charge is 0.338 e. The summed E-state index contributed by atoms with van der Waals surface area (Å²) in [5, 5.41) is 15.1. The molecule has 7 rings (SSSR count). The number of fused-ring (bicyclic) bond motifs is 3. The van der Waals surface area contributed by atoms with Crippen LogP contribution < -0.4 is 10.2 Å². The summed E-state index contributed by atoms with van der Waals surface area (Å²) in [6.07, 6.45) is 2.24. The van der Waals surface area contributed by atoms with Gasteiger partial charge in [-0.3, -0.25) is 24.6 Å². The predicted octanol–water partition coefficient (Wildman–Crippen LogP) is 6.33. The van der Waals surface area contributed by atoms with Gasteiger partial charge in [-0.05, 0) is 68.0 Å². The monoisotopic (exact) mass is 683 g/mol. The summed E-state index contributed by atoms with van der Waals surface area (Å²) < 4.78 is 21.2. The average molecular weight is 685 g/mol. The summed E-state index contributed by atoms with van der Waals surface area (Å²) in [7, 11) is 0. The van der Waals surface area contributed by atoms with Crippen LogP contribution >= 0.6 is 23.2 Å². The number of aromatic nitrogens is 1. The van der Waals surface area contributed by atoms with E-state index in [1.165, 1.54) is 29.2 Å². The fraction of sp³-hybridized carbons (Fsp3) is 0.394. The molecule has 0 bridgehead atoms. The van der Waals surface area contributed by atoms with Gasteiger partial charge in [0, 0.05) is 36.7 Å². The molecule has 3 aromatic rings. The van der Waals surface area contributed by atoms with Crippen LogP contribution in [0.1, 0.15) is 61.0 Å². The number of nitro groups is 1. The fourth-order valence-corrected chi connectivity index (χ4v) is 7.91. The molecule has 1 spiro atoms. The summed E-state index contributed by atoms with van der Waals surface area (Å²) in [5.74, 6) is -4.01. The first-order valence-electron chi connectivity index (χ1n) is 15.0. The van der Waals surface area contributed by atoms with Gasteiger partial charge >= 0.3 is 5.97 Å². The van der Waals surface area contributed by atoms with Gasteiger partial charge in [-0.15, -0.1) is 0 Å². The molecule has 4 atom stereocenters. The molecule has 14 heteroatoms. The molecule has 1 N–H and O–H groups in total. The molecule has 0 radical (unpaired) electrons. The first-order chi connectivity index (χ1) is 22.1. The molecule has 3 aliphatic heterocycles. The number of pyridine rings is 1. The van der Waals surface area contributed by atoms with E-state index in [1.807, 2.05) is 4.90 Å². The molecule has 47 heavy (non-hydrogen) atoms. The van der Waals surface area contributed by atoms with Gasteiger partial charge in [-0.2, -0.15) is 0 Å². The van der Waals surface area contributed by atoms with Crippen molar-refractivity contribution in [2.24, 2.45) is 11.8 Å². The number of nitrogens with zero attached hydrogens (tertiary/aromatic N) is 4. The van der Waals surface area contributed by atoms with Gasteiger partial charge in [0.1, 0.15) is 28.0 Å². The number of nitro benzene ring substituents is 1. The third kappa shape index (κ3) is 5.04. The van der Waals surface area contributed by atoms with Crippen LogP contribution in [0.5, 0.6) is 0 Å². The highest BCUT2D eigenvalue weighted by Crippen LogP contribution is 2.62. The van der Waals surface area contributed by atoms with Crippen molar-refractivity contribution in [2.75, 3.05) is 29.9 Å². The Morgan fingerprint density at radius 1 is 1.17 bits per heavy atom. The normalized spacial score (nSPS) is 24.9. The maximum Gasteiger partial charge on any atom is 0.338 e. The summed E-state index contributed by atoms with van der Waals surface area (Å²) in [4.78, 5) is 60.9. The van der Waals surface area contributed by atoms with Crippen molar-refractivity contribution in [3.63, 3.8) is 0 Å². The zero-order chi connectivity index (χ0) is 32.5. The summed E-state index contributed by atoms with van der Waals surface area (Å²) in [6.45, 7) is 2.28. The molecule has 246 valence electrons. The molecule has 4 aliphatic rings. The maximum absolute atomic E-state index is 16.1. The average Bonchev–Trinajstić information content (AvgIpc) is 3.74. The number of amides is 2. The molecule has 4 heterocycles. The Kier molecular flexibility index (Phi) is 8.48. The molecule has 0 unspecified atom stereocenters. The maximum atomic E-state index is 16.1. The number of halogens is 3. The number of nitrogens with one attached hydrogen (secondary N) is 1. The number of hydrogen-bond acceptors (Lipinski definition) is 8. The van der Waals surface area contributed by atoms with E-state index >= 15 is 4.39 Å². The second-order valence-electron chi connectivity index (χ2n) is 12.0. The quantitative estimate of drug-likeness (QED) is 0.132. The van der Waals surface area contributed by atoms with Crippen molar-refractivity contribution < 1.29 is 28.4 Å². The first-order valence-corrected chi connectivity index (χ1v) is 15.8. The van der Waals surface area contributed by atoms with Crippen LogP contribution in [0.3, 0.4) is 0 Å². The molecule has 2 saturated heterocycles. The third-order valence-corrected chi connectivity index (χ3v) is 10.1. The van der Waals surface area contributed by atoms with Gasteiger partial charge in [0.2, 0.25) is 5.91 Å². The summed E-state index contributed by atoms with van der Waals surface area (Å²) >= 11 is 12.5. The number of ether oxygens (including phenoxy) is 1. The molecule has 11 nitrogen and oxygen atoms in total. The van der Waals surface area contributed by atoms with Gasteiger partial charge in [-0.1, -0.05) is 42.8 Å². The van der Waals surface area contributed by atoms with E-state index in [1.54, 1.807) is 25.1 Å². The van der Waals surface area contributed by atoms with Crippen LogP contribution in [0.25, 0.3) is 0 Å². The number of hydrogen-bond donors (Lipinski definition) is 1. The van der Waals surface area contributed by atoms with E-state index in [9.17, 15) is 24.5 Å². The van der Waals surface area contributed by atoms with Crippen molar-refractivity contribution in [3.8, 4) is 0 Å². The second kappa shape index (κ2) is 12.1. The number of anilines is 2. The Labute approximate surface area is 280 Å². The van der Waals surface area contributed by atoms with Crippen molar-refractivity contribution >= 4 is 58.2 Å². The Balaban J connectivity index is 0.00000386. The van der Waals surface area contributed by atoms with Crippen LogP contribution in [0.15, 0.2) is 48.5 Å². The zero-order valence-corrected chi connectivity index (χ0v) is 26.1. The second-order valence-corrected chi connectivity index (χ2v) is 12.8. The first kappa shape index (κ1) is 32.8. The van der Waals surface area contributed by atoms with Gasteiger partial charge in [0.25, 0.3) is 11.6 Å². The molecule has 2 aromatic carbocycles. The van der Waals surface area contributed by atoms with Crippen molar-refractivity contribution in [3.05, 3.63) is 91.3 Å². The van der Waals surface area contributed by atoms with E-state index < -0.39 is 57.6 Å². The lowest BCUT2D eigenvalue weighted by Gasteiger charge is -2.40. The Morgan fingerprint density at radius 2 is 1.94 bits per heavy atom. The van der Waals surface area contributed by atoms with E-state index in [0.717, 1.165) is 18.9 Å². The van der Waals surface area contributed by atoms with Gasteiger partial charge in [-0.25, -0.2) is 14.2 Å². The zero-order valence-electron chi connectivity index (χ0n) is 24.5. The fourth-order valence-electron chi connectivity index (χ4n) is 7.58. The van der Waals surface area contributed by atoms with Crippen molar-refractivity contribution in [1.82, 2.24) is 9.88 Å². The molecule has 1 saturated carbocycles. The van der Waals surface area contributed by atoms with E-state index in [-0.39, 0.29) is 59.3 Å². The van der Waals surface area contributed by atoms with Crippen LogP contribution in [0, 0.1) is 27.8 Å². The number of carbonyl (C=O) groups is 3. The lowest BCUT2D eigenvalue weighted by atomic mass is 9.70. The molecule has 1 aliphatic carbocycles. The number of rotatable bonds is 7. The van der Waals surface area contributed by atoms with Crippen LogP contribution in [-0.4, -0.2) is 58.3 Å². The summed E-state index contributed by atoms with van der Waals surface area (Å²) in [6, 6.07) is 11.1. The predicted molar refractivity (Wildman–Crippen MR) is 173 cm³/mol. The number of benzene rings is 2. The van der Waals surface area contributed by atoms with Gasteiger partial charge in [0.05, 0.1) is 28.0 Å². The third-order valence-electron chi connectivity index (χ3n) is 9.57. The lowest BCUT2D eigenvalue weighted by Crippen LogP contribution is -2.54. The molecule has 3 fully saturated rings. The molecule has 1 aromatic heterocycles. The number of piperidine rings is 1. The van der Waals surface area contributed by atoms with E-state index in [0.29, 0.717) is 18.5 Å². The number of carbonyl (C=O) groups excluding carboxylic acids is 3. The highest BCUT2D eigenvalue weighted by Gasteiger charge is 2.70. The SMILES string of the molecule is C.CCOC(=O)c1ccc(N2CC[C@H]3[C@@H](C2=O)[C@H](c2cccc(Cl)c2F)[C@]2(C(=O)Nc4nc(Cl)ccc42)N3CC2CC2)c([N+](=O)[O-])c1. The molecule has 2 amide bonds. The lowest BCUT2D eigenvalue weighted by molar-refractivity contribution is -0.384. The Bertz CT molecular complexity index is 1820. The molecular weight excluding hydrogens is 652 g/mol. The largest absolute Gasteiger partial charge is 0.462 e. The summed E-state index contributed by atoms with van der Waals surface area (Å²) in [5.41, 5.74) is -1.47. The van der Waals surface area contributed by atoms with E-state index in [4.69, 9.17) is 27.9 Å². The van der Waals surface area contributed by atoms with Crippen molar-refractivity contribution in [1.29, 1.82) is 0 Å². The van der Waals surface area contributed by atoms with Crippen LogP contribution in [-0.2, 0) is 19.9 Å². The Hall–Kier alpha value is -4.13. The van der Waals surface area contributed by atoms with Crippen LogP contribution in [0.4, 0.5) is 21.6 Å². The van der Waals surface area contributed by atoms with Crippen molar-refractivity contribution in [2.45, 2.75) is 51.1 Å². The topological polar surface area (TPSA) is 135 Å². The molecular formula is C33H32Cl2FN5O6. The minimum absolute atomic E-state index is 0. The standard InChI is InChI=1S/C32H28Cl2FN5O6.CH4/c1-2-46-30(42)17-8-10-21(23(14-17)40(44)45)38-13-12-22-25(29(38)41)26(18-4-3-5-20(33)27(18)35)32(39(22)15-16-6-7-16)19-9-11-24(34)36-28(19)37-31(32)43;/h3-5,8-11,14,16,22,25-26H,2,6-7,12-13,15H2,1H3,(H,36,37,43);1H4/t22-,25+,26-,32+;/m0./s1. The Morgan fingerprint density at radius 3 is 2.64 bits per heavy atom.